The molecule has 0 spiro atoms. The van der Waals surface area contributed by atoms with Gasteiger partial charge in [-0.05, 0) is 54.3 Å². The summed E-state index contributed by atoms with van der Waals surface area (Å²) in [5.74, 6) is 1.82. The Morgan fingerprint density at radius 1 is 1.00 bits per heavy atom. The van der Waals surface area contributed by atoms with Gasteiger partial charge in [0.25, 0.3) is 0 Å². The van der Waals surface area contributed by atoms with Gasteiger partial charge in [0.05, 0.1) is 19.8 Å². The Kier molecular flexibility index (Phi) is 12.4. The molecule has 2 aromatic carbocycles. The van der Waals surface area contributed by atoms with Gasteiger partial charge in [0.2, 0.25) is 0 Å². The maximum atomic E-state index is 5.96. The van der Waals surface area contributed by atoms with E-state index < -0.39 is 0 Å². The molecule has 5 heteroatoms. The van der Waals surface area contributed by atoms with Crippen LogP contribution in [-0.2, 0) is 35.7 Å². The topological polar surface area (TPSA) is 55.7 Å². The number of anilines is 1. The number of benzene rings is 2. The first-order valence-electron chi connectivity index (χ1n) is 12.7. The standard InChI is InChI=1S/C29H35N3O2.C2H6/c1-6-34-22(4)26-16-28(30-5)29(31-17-26)32-18-27-15-24(12-13-25(27)14-21(2)3)20-33-19-23-10-8-7-9-11-23;1-2/h7-13,15-17,21H,4-6,14,18-20H2,1-3H3,(H,31,32);1-2H3. The second kappa shape index (κ2) is 15.5. The molecule has 0 radical (unpaired) electrons. The molecule has 3 aromatic rings. The Hall–Kier alpha value is -3.44. The lowest BCUT2D eigenvalue weighted by atomic mass is 9.96. The highest BCUT2D eigenvalue weighted by molar-refractivity contribution is 5.69. The van der Waals surface area contributed by atoms with E-state index in [2.05, 4.69) is 72.8 Å². The van der Waals surface area contributed by atoms with Crippen LogP contribution in [0.3, 0.4) is 0 Å². The largest absolute Gasteiger partial charge is 0.494 e. The Balaban J connectivity index is 0.00000222. The molecule has 1 N–H and O–H groups in total. The molecule has 0 aliphatic heterocycles. The van der Waals surface area contributed by atoms with Crippen LogP contribution in [-0.4, -0.2) is 18.3 Å². The van der Waals surface area contributed by atoms with Crippen LogP contribution in [0.1, 0.15) is 62.4 Å². The molecule has 0 unspecified atom stereocenters. The lowest BCUT2D eigenvalue weighted by Crippen LogP contribution is -2.08. The summed E-state index contributed by atoms with van der Waals surface area (Å²) in [7, 11) is 0. The zero-order chi connectivity index (χ0) is 26.3. The minimum atomic E-state index is 0.555. The first kappa shape index (κ1) is 28.8. The number of hydrogen-bond acceptors (Lipinski definition) is 5. The average molecular weight is 488 g/mol. The van der Waals surface area contributed by atoms with Crippen molar-refractivity contribution in [2.75, 3.05) is 11.9 Å². The van der Waals surface area contributed by atoms with Gasteiger partial charge in [0.15, 0.2) is 5.82 Å². The van der Waals surface area contributed by atoms with Gasteiger partial charge in [0, 0.05) is 18.3 Å². The zero-order valence-corrected chi connectivity index (χ0v) is 22.5. The summed E-state index contributed by atoms with van der Waals surface area (Å²) in [4.78, 5) is 8.71. The maximum Gasteiger partial charge on any atom is 0.152 e. The minimum absolute atomic E-state index is 0.555. The third-order valence-electron chi connectivity index (χ3n) is 5.40. The van der Waals surface area contributed by atoms with Crippen LogP contribution in [0.5, 0.6) is 0 Å². The predicted octanol–water partition coefficient (Wildman–Crippen LogP) is 7.97. The Labute approximate surface area is 217 Å². The van der Waals surface area contributed by atoms with Gasteiger partial charge in [-0.15, -0.1) is 0 Å². The molecule has 0 saturated heterocycles. The van der Waals surface area contributed by atoms with Crippen LogP contribution in [0.2, 0.25) is 0 Å². The first-order valence-corrected chi connectivity index (χ1v) is 12.7. The molecule has 1 heterocycles. The van der Waals surface area contributed by atoms with Crippen molar-refractivity contribution in [3.8, 4) is 0 Å². The van der Waals surface area contributed by atoms with Gasteiger partial charge in [-0.1, -0.05) is 82.8 Å². The van der Waals surface area contributed by atoms with E-state index in [1.54, 1.807) is 6.20 Å². The van der Waals surface area contributed by atoms with Crippen molar-refractivity contribution < 1.29 is 9.47 Å². The molecule has 3 rings (SSSR count). The van der Waals surface area contributed by atoms with Crippen molar-refractivity contribution in [2.24, 2.45) is 10.9 Å². The Morgan fingerprint density at radius 3 is 2.39 bits per heavy atom. The van der Waals surface area contributed by atoms with E-state index >= 15 is 0 Å². The number of nitrogens with one attached hydrogen (secondary N) is 1. The van der Waals surface area contributed by atoms with Gasteiger partial charge >= 0.3 is 0 Å². The molecule has 0 bridgehead atoms. The summed E-state index contributed by atoms with van der Waals surface area (Å²) in [5.41, 5.74) is 6.35. The zero-order valence-electron chi connectivity index (χ0n) is 22.5. The third kappa shape index (κ3) is 8.97. The van der Waals surface area contributed by atoms with Crippen molar-refractivity contribution in [3.63, 3.8) is 0 Å². The number of hydrogen-bond donors (Lipinski definition) is 1. The smallest absolute Gasteiger partial charge is 0.152 e. The molecule has 0 fully saturated rings. The van der Waals surface area contributed by atoms with Crippen molar-refractivity contribution in [1.29, 1.82) is 0 Å². The molecule has 192 valence electrons. The fourth-order valence-electron chi connectivity index (χ4n) is 3.73. The van der Waals surface area contributed by atoms with Gasteiger partial charge in [-0.2, -0.15) is 0 Å². The number of rotatable bonds is 13. The Bertz CT molecular complexity index is 1090. The van der Waals surface area contributed by atoms with Crippen LogP contribution in [0.4, 0.5) is 11.5 Å². The highest BCUT2D eigenvalue weighted by atomic mass is 16.5. The van der Waals surface area contributed by atoms with Crippen LogP contribution in [0.25, 0.3) is 5.76 Å². The second-order valence-electron chi connectivity index (χ2n) is 8.64. The van der Waals surface area contributed by atoms with Crippen molar-refractivity contribution >= 4 is 24.0 Å². The van der Waals surface area contributed by atoms with Crippen molar-refractivity contribution in [3.05, 3.63) is 95.2 Å². The van der Waals surface area contributed by atoms with E-state index in [0.717, 1.165) is 17.5 Å². The molecule has 0 saturated carbocycles. The fraction of sp³-hybridized carbons (Fsp3) is 0.355. The van der Waals surface area contributed by atoms with Crippen molar-refractivity contribution in [2.45, 2.75) is 60.8 Å². The molecule has 0 amide bonds. The van der Waals surface area contributed by atoms with Gasteiger partial charge in [-0.25, -0.2) is 4.98 Å². The fourth-order valence-corrected chi connectivity index (χ4v) is 3.73. The molecular weight excluding hydrogens is 446 g/mol. The number of aliphatic imine (C=N–C) groups is 1. The summed E-state index contributed by atoms with van der Waals surface area (Å²) in [6, 6.07) is 18.7. The van der Waals surface area contributed by atoms with Gasteiger partial charge in [0.1, 0.15) is 11.4 Å². The Morgan fingerprint density at radius 2 is 1.72 bits per heavy atom. The minimum Gasteiger partial charge on any atom is -0.494 e. The monoisotopic (exact) mass is 487 g/mol. The van der Waals surface area contributed by atoms with Crippen LogP contribution >= 0.6 is 0 Å². The molecule has 36 heavy (non-hydrogen) atoms. The van der Waals surface area contributed by atoms with Crippen molar-refractivity contribution in [1.82, 2.24) is 4.98 Å². The van der Waals surface area contributed by atoms with E-state index in [-0.39, 0.29) is 0 Å². The first-order chi connectivity index (χ1) is 17.5. The molecule has 0 aliphatic carbocycles. The van der Waals surface area contributed by atoms with Crippen LogP contribution < -0.4 is 5.32 Å². The summed E-state index contributed by atoms with van der Waals surface area (Å²) >= 11 is 0. The number of nitrogens with zero attached hydrogens (tertiary/aromatic N) is 2. The molecule has 0 aliphatic rings. The van der Waals surface area contributed by atoms with E-state index in [1.807, 2.05) is 45.0 Å². The molecule has 1 aromatic heterocycles. The molecule has 0 atom stereocenters. The van der Waals surface area contributed by atoms with Crippen LogP contribution in [0, 0.1) is 5.92 Å². The lowest BCUT2D eigenvalue weighted by molar-refractivity contribution is 0.107. The van der Waals surface area contributed by atoms with E-state index in [4.69, 9.17) is 9.47 Å². The summed E-state index contributed by atoms with van der Waals surface area (Å²) in [6.45, 7) is 20.4. The number of aromatic nitrogens is 1. The second-order valence-corrected chi connectivity index (χ2v) is 8.64. The predicted molar refractivity (Wildman–Crippen MR) is 153 cm³/mol. The highest BCUT2D eigenvalue weighted by Gasteiger charge is 2.11. The maximum absolute atomic E-state index is 5.96. The SMILES string of the molecule is C=Nc1cc(C(=C)OCC)cnc1NCc1cc(COCc2ccccc2)ccc1CC(C)C.CC. The normalized spacial score (nSPS) is 10.4. The highest BCUT2D eigenvalue weighted by Crippen LogP contribution is 2.27. The summed E-state index contributed by atoms with van der Waals surface area (Å²) < 4.78 is 11.5. The van der Waals surface area contributed by atoms with Gasteiger partial charge in [-0.3, -0.25) is 4.99 Å². The molecular formula is C31H41N3O2. The van der Waals surface area contributed by atoms with E-state index in [0.29, 0.717) is 49.5 Å². The number of ether oxygens (including phenoxy) is 2. The third-order valence-corrected chi connectivity index (χ3v) is 5.40. The summed E-state index contributed by atoms with van der Waals surface area (Å²) in [5, 5.41) is 3.45. The van der Waals surface area contributed by atoms with Gasteiger partial charge < -0.3 is 14.8 Å². The van der Waals surface area contributed by atoms with Crippen LogP contribution in [0.15, 0.2) is 72.4 Å². The van der Waals surface area contributed by atoms with E-state index in [9.17, 15) is 0 Å². The number of pyridine rings is 1. The van der Waals surface area contributed by atoms with E-state index in [1.165, 1.54) is 16.7 Å². The average Bonchev–Trinajstić information content (AvgIpc) is 2.90. The lowest BCUT2D eigenvalue weighted by Gasteiger charge is -2.16. The summed E-state index contributed by atoms with van der Waals surface area (Å²) in [6.07, 6.45) is 2.76. The quantitative estimate of drug-likeness (QED) is 0.196. The molecule has 5 nitrogen and oxygen atoms in total.